The third-order valence-corrected chi connectivity index (χ3v) is 3.74. The number of hydrogen-bond donors (Lipinski definition) is 1. The minimum absolute atomic E-state index is 0.0728. The van der Waals surface area contributed by atoms with Crippen molar-refractivity contribution < 1.29 is 4.79 Å². The van der Waals surface area contributed by atoms with Gasteiger partial charge in [-0.15, -0.1) is 0 Å². The molecule has 0 amide bonds. The van der Waals surface area contributed by atoms with Crippen LogP contribution in [0.4, 0.5) is 0 Å². The van der Waals surface area contributed by atoms with Crippen LogP contribution in [0.1, 0.15) is 35.3 Å². The van der Waals surface area contributed by atoms with Gasteiger partial charge in [0.2, 0.25) is 0 Å². The topological polar surface area (TPSA) is 62.8 Å². The van der Waals surface area contributed by atoms with Crippen molar-refractivity contribution in [3.05, 3.63) is 76.2 Å². The summed E-state index contributed by atoms with van der Waals surface area (Å²) in [4.78, 5) is 32.2. The highest BCUT2D eigenvalue weighted by atomic mass is 16.1. The average Bonchev–Trinajstić information content (AvgIpc) is 2.56. The molecule has 0 radical (unpaired) electrons. The Morgan fingerprint density at radius 1 is 1.09 bits per heavy atom. The van der Waals surface area contributed by atoms with Crippen LogP contribution in [0.3, 0.4) is 0 Å². The Kier molecular flexibility index (Phi) is 3.83. The molecule has 3 rings (SSSR count). The van der Waals surface area contributed by atoms with Crippen molar-refractivity contribution in [3.63, 3.8) is 0 Å². The molecule has 0 saturated carbocycles. The third-order valence-electron chi connectivity index (χ3n) is 3.74. The van der Waals surface area contributed by atoms with Crippen LogP contribution in [0.5, 0.6) is 0 Å². The Morgan fingerprint density at radius 2 is 1.77 bits per heavy atom. The van der Waals surface area contributed by atoms with Crippen LogP contribution >= 0.6 is 0 Å². The number of H-pyrrole nitrogens is 1. The van der Waals surface area contributed by atoms with E-state index in [-0.39, 0.29) is 17.0 Å². The zero-order valence-electron chi connectivity index (χ0n) is 12.2. The largest absolute Gasteiger partial charge is 0.319 e. The summed E-state index contributed by atoms with van der Waals surface area (Å²) in [6.45, 7) is 1.89. The number of hydrogen-bond acceptors (Lipinski definition) is 3. The average molecular weight is 292 g/mol. The number of aromatic nitrogens is 2. The molecule has 0 fully saturated rings. The van der Waals surface area contributed by atoms with Crippen molar-refractivity contribution in [2.24, 2.45) is 0 Å². The van der Waals surface area contributed by atoms with E-state index in [0.29, 0.717) is 23.0 Å². The maximum atomic E-state index is 12.7. The summed E-state index contributed by atoms with van der Waals surface area (Å²) >= 11 is 0. The molecular formula is C18H16N2O2. The second-order valence-corrected chi connectivity index (χ2v) is 5.16. The van der Waals surface area contributed by atoms with Crippen LogP contribution in [0.25, 0.3) is 11.0 Å². The summed E-state index contributed by atoms with van der Waals surface area (Å²) in [7, 11) is 0. The lowest BCUT2D eigenvalue weighted by molar-refractivity contribution is 0.0955. The maximum Gasteiger partial charge on any atom is 0.270 e. The molecule has 1 N–H and O–H groups in total. The Hall–Kier alpha value is -2.75. The van der Waals surface area contributed by atoms with Gasteiger partial charge in [-0.1, -0.05) is 49.4 Å². The van der Waals surface area contributed by atoms with E-state index in [1.54, 1.807) is 18.2 Å². The predicted molar refractivity (Wildman–Crippen MR) is 86.2 cm³/mol. The van der Waals surface area contributed by atoms with Crippen molar-refractivity contribution in [1.82, 2.24) is 9.97 Å². The first-order valence-corrected chi connectivity index (χ1v) is 7.29. The highest BCUT2D eigenvalue weighted by molar-refractivity contribution is 6.00. The number of benzene rings is 2. The summed E-state index contributed by atoms with van der Waals surface area (Å²) in [5.74, 6) is -0.605. The summed E-state index contributed by atoms with van der Waals surface area (Å²) < 4.78 is 0. The van der Waals surface area contributed by atoms with E-state index in [2.05, 4.69) is 9.97 Å². The van der Waals surface area contributed by atoms with Gasteiger partial charge >= 0.3 is 0 Å². The summed E-state index contributed by atoms with van der Waals surface area (Å²) in [5, 5.41) is 0. The molecule has 4 nitrogen and oxygen atoms in total. The van der Waals surface area contributed by atoms with Crippen LogP contribution in [-0.2, 0) is 0 Å². The van der Waals surface area contributed by atoms with E-state index in [4.69, 9.17) is 0 Å². The number of rotatable bonds is 4. The van der Waals surface area contributed by atoms with Gasteiger partial charge in [0.05, 0.1) is 17.0 Å². The fraction of sp³-hybridized carbons (Fsp3) is 0.167. The molecular weight excluding hydrogens is 276 g/mol. The molecule has 0 aliphatic heterocycles. The molecule has 3 aromatic rings. The number of nitrogens with zero attached hydrogens (tertiary/aromatic N) is 1. The Balaban J connectivity index is 2.09. The monoisotopic (exact) mass is 292 g/mol. The molecule has 0 aliphatic carbocycles. The molecule has 0 saturated heterocycles. The highest BCUT2D eigenvalue weighted by Crippen LogP contribution is 2.21. The molecule has 0 spiro atoms. The van der Waals surface area contributed by atoms with E-state index in [1.165, 1.54) is 0 Å². The molecule has 1 aromatic heterocycles. The van der Waals surface area contributed by atoms with Gasteiger partial charge in [0.25, 0.3) is 5.56 Å². The zero-order valence-corrected chi connectivity index (χ0v) is 12.2. The first-order chi connectivity index (χ1) is 10.7. The normalized spacial score (nSPS) is 12.2. The number of fused-ring (bicyclic) bond motifs is 1. The number of carbonyl (C=O) groups is 1. The van der Waals surface area contributed by atoms with Crippen molar-refractivity contribution in [3.8, 4) is 0 Å². The molecule has 22 heavy (non-hydrogen) atoms. The molecule has 4 heteroatoms. The van der Waals surface area contributed by atoms with Crippen molar-refractivity contribution >= 4 is 16.8 Å². The van der Waals surface area contributed by atoms with E-state index in [9.17, 15) is 9.59 Å². The standard InChI is InChI=1S/C18H16N2O2/c1-2-13(17(21)12-8-4-3-5-9-12)16-18(22)20-15-11-7-6-10-14(15)19-16/h3-11,13H,2H2,1H3,(H,20,22). The van der Waals surface area contributed by atoms with Gasteiger partial charge in [-0.3, -0.25) is 9.59 Å². The quantitative estimate of drug-likeness (QED) is 0.750. The Labute approximate surface area is 127 Å². The van der Waals surface area contributed by atoms with Crippen molar-refractivity contribution in [2.75, 3.05) is 0 Å². The van der Waals surface area contributed by atoms with Crippen LogP contribution < -0.4 is 5.56 Å². The zero-order chi connectivity index (χ0) is 15.5. The summed E-state index contributed by atoms with van der Waals surface area (Å²) in [6, 6.07) is 16.3. The van der Waals surface area contributed by atoms with Crippen LogP contribution in [0.2, 0.25) is 0 Å². The van der Waals surface area contributed by atoms with Gasteiger partial charge in [-0.05, 0) is 18.6 Å². The minimum Gasteiger partial charge on any atom is -0.319 e. The second kappa shape index (κ2) is 5.93. The van der Waals surface area contributed by atoms with E-state index < -0.39 is 5.92 Å². The van der Waals surface area contributed by atoms with Gasteiger partial charge in [0.1, 0.15) is 5.69 Å². The predicted octanol–water partition coefficient (Wildman–Crippen LogP) is 3.30. The summed E-state index contributed by atoms with van der Waals surface area (Å²) in [6.07, 6.45) is 0.530. The number of Topliss-reactive ketones (excluding diaryl/α,β-unsaturated/α-hetero) is 1. The maximum absolute atomic E-state index is 12.7. The van der Waals surface area contributed by atoms with Gasteiger partial charge in [-0.25, -0.2) is 4.98 Å². The lowest BCUT2D eigenvalue weighted by Gasteiger charge is -2.13. The molecule has 2 aromatic carbocycles. The van der Waals surface area contributed by atoms with E-state index in [0.717, 1.165) is 0 Å². The second-order valence-electron chi connectivity index (χ2n) is 5.16. The van der Waals surface area contributed by atoms with E-state index >= 15 is 0 Å². The van der Waals surface area contributed by atoms with Gasteiger partial charge in [0.15, 0.2) is 5.78 Å². The molecule has 0 bridgehead atoms. The third kappa shape index (κ3) is 2.55. The Bertz CT molecular complexity index is 869. The fourth-order valence-corrected chi connectivity index (χ4v) is 2.59. The van der Waals surface area contributed by atoms with Gasteiger partial charge < -0.3 is 4.98 Å². The van der Waals surface area contributed by atoms with E-state index in [1.807, 2.05) is 43.3 Å². The first kappa shape index (κ1) is 14.2. The molecule has 1 unspecified atom stereocenters. The SMILES string of the molecule is CCC(C(=O)c1ccccc1)c1nc2ccccc2[nH]c1=O. The molecule has 0 aliphatic rings. The molecule has 1 atom stereocenters. The lowest BCUT2D eigenvalue weighted by atomic mass is 9.92. The minimum atomic E-state index is -0.532. The smallest absolute Gasteiger partial charge is 0.270 e. The lowest BCUT2D eigenvalue weighted by Crippen LogP contribution is -2.24. The number of aromatic amines is 1. The summed E-state index contributed by atoms with van der Waals surface area (Å²) in [5.41, 5.74) is 1.96. The first-order valence-electron chi connectivity index (χ1n) is 7.29. The van der Waals surface area contributed by atoms with Crippen molar-refractivity contribution in [1.29, 1.82) is 0 Å². The van der Waals surface area contributed by atoms with Crippen molar-refractivity contribution in [2.45, 2.75) is 19.3 Å². The Morgan fingerprint density at radius 3 is 2.50 bits per heavy atom. The molecule has 1 heterocycles. The number of para-hydroxylation sites is 2. The van der Waals surface area contributed by atoms with Crippen LogP contribution in [0.15, 0.2) is 59.4 Å². The number of ketones is 1. The van der Waals surface area contributed by atoms with Crippen LogP contribution in [0, 0.1) is 0 Å². The van der Waals surface area contributed by atoms with Crippen LogP contribution in [-0.4, -0.2) is 15.8 Å². The highest BCUT2D eigenvalue weighted by Gasteiger charge is 2.24. The molecule has 110 valence electrons. The fourth-order valence-electron chi connectivity index (χ4n) is 2.59. The number of carbonyl (C=O) groups excluding carboxylic acids is 1. The van der Waals surface area contributed by atoms with Gasteiger partial charge in [0, 0.05) is 5.56 Å². The number of nitrogens with one attached hydrogen (secondary N) is 1. The van der Waals surface area contributed by atoms with Gasteiger partial charge in [-0.2, -0.15) is 0 Å².